The lowest BCUT2D eigenvalue weighted by Crippen LogP contribution is -2.47. The van der Waals surface area contributed by atoms with Crippen LogP contribution >= 0.6 is 24.0 Å². The Bertz CT molecular complexity index is 546. The molecule has 154 valence electrons. The molecule has 1 aliphatic heterocycles. The van der Waals surface area contributed by atoms with E-state index in [1.807, 2.05) is 0 Å². The molecule has 0 spiro atoms. The number of benzene rings is 1. The van der Waals surface area contributed by atoms with E-state index >= 15 is 0 Å². The number of nitrogens with one attached hydrogen (secondary N) is 1. The zero-order chi connectivity index (χ0) is 18.6. The monoisotopic (exact) mass is 489 g/mol. The molecule has 1 N–H and O–H groups in total. The highest BCUT2D eigenvalue weighted by atomic mass is 127. The average molecular weight is 489 g/mol. The van der Waals surface area contributed by atoms with E-state index in [-0.39, 0.29) is 24.0 Å². The van der Waals surface area contributed by atoms with Gasteiger partial charge in [-0.15, -0.1) is 24.0 Å². The van der Waals surface area contributed by atoms with Gasteiger partial charge in [0.05, 0.1) is 6.10 Å². The molecule has 1 aliphatic rings. The molecule has 1 aromatic carbocycles. The molecule has 0 radical (unpaired) electrons. The largest absolute Gasteiger partial charge is 0.385 e. The SMILES string of the molecule is CCNC(=NCCc1ccccc1C)N1CCC(OCCCOC)CC1.I. The molecule has 5 nitrogen and oxygen atoms in total. The Morgan fingerprint density at radius 2 is 1.96 bits per heavy atom. The van der Waals surface area contributed by atoms with Gasteiger partial charge in [-0.3, -0.25) is 4.99 Å². The van der Waals surface area contributed by atoms with Crippen LogP contribution in [0.1, 0.15) is 37.3 Å². The Morgan fingerprint density at radius 3 is 2.63 bits per heavy atom. The van der Waals surface area contributed by atoms with Crippen LogP contribution in [0.25, 0.3) is 0 Å². The maximum absolute atomic E-state index is 5.96. The van der Waals surface area contributed by atoms with Crippen molar-refractivity contribution in [1.29, 1.82) is 0 Å². The van der Waals surface area contributed by atoms with Gasteiger partial charge in [0.2, 0.25) is 0 Å². The van der Waals surface area contributed by atoms with E-state index in [4.69, 9.17) is 14.5 Å². The van der Waals surface area contributed by atoms with Crippen LogP contribution in [-0.4, -0.2) is 63.5 Å². The van der Waals surface area contributed by atoms with Gasteiger partial charge >= 0.3 is 0 Å². The first-order valence-corrected chi connectivity index (χ1v) is 9.93. The molecule has 1 aromatic rings. The van der Waals surface area contributed by atoms with Crippen LogP contribution in [0, 0.1) is 6.92 Å². The molecule has 6 heteroatoms. The van der Waals surface area contributed by atoms with Gasteiger partial charge in [-0.25, -0.2) is 0 Å². The number of halogens is 1. The summed E-state index contributed by atoms with van der Waals surface area (Å²) in [5.41, 5.74) is 2.73. The molecule has 2 rings (SSSR count). The van der Waals surface area contributed by atoms with Crippen molar-refractivity contribution in [3.05, 3.63) is 35.4 Å². The number of aryl methyl sites for hydroxylation is 1. The number of nitrogens with zero attached hydrogens (tertiary/aromatic N) is 2. The van der Waals surface area contributed by atoms with Crippen molar-refractivity contribution in [1.82, 2.24) is 10.2 Å². The Hall–Kier alpha value is -0.860. The highest BCUT2D eigenvalue weighted by Crippen LogP contribution is 2.14. The summed E-state index contributed by atoms with van der Waals surface area (Å²) in [5, 5.41) is 3.45. The van der Waals surface area contributed by atoms with Crippen molar-refractivity contribution in [3.8, 4) is 0 Å². The second-order valence-corrected chi connectivity index (χ2v) is 6.82. The number of rotatable bonds is 9. The molecule has 1 saturated heterocycles. The van der Waals surface area contributed by atoms with Gasteiger partial charge in [0.1, 0.15) is 0 Å². The summed E-state index contributed by atoms with van der Waals surface area (Å²) in [6.45, 7) is 9.60. The topological polar surface area (TPSA) is 46.1 Å². The van der Waals surface area contributed by atoms with Crippen LogP contribution in [0.4, 0.5) is 0 Å². The summed E-state index contributed by atoms with van der Waals surface area (Å²) in [4.78, 5) is 7.23. The average Bonchev–Trinajstić information content (AvgIpc) is 2.67. The number of guanidine groups is 1. The van der Waals surface area contributed by atoms with Crippen LogP contribution in [0.3, 0.4) is 0 Å². The quantitative estimate of drug-likeness (QED) is 0.249. The Morgan fingerprint density at radius 1 is 1.22 bits per heavy atom. The van der Waals surface area contributed by atoms with Crippen molar-refractivity contribution in [3.63, 3.8) is 0 Å². The predicted molar refractivity (Wildman–Crippen MR) is 123 cm³/mol. The molecule has 0 saturated carbocycles. The standard InChI is InChI=1S/C21H35N3O2.HI/c1-4-22-21(23-13-10-19-9-6-5-8-18(19)2)24-14-11-20(12-15-24)26-17-7-16-25-3;/h5-6,8-9,20H,4,7,10-17H2,1-3H3,(H,22,23);1H. The van der Waals surface area contributed by atoms with Gasteiger partial charge in [0, 0.05) is 46.5 Å². The zero-order valence-corrected chi connectivity index (χ0v) is 19.4. The molecule has 0 unspecified atom stereocenters. The fraction of sp³-hybridized carbons (Fsp3) is 0.667. The van der Waals surface area contributed by atoms with Gasteiger partial charge in [-0.1, -0.05) is 24.3 Å². The number of aliphatic imine (C=N–C) groups is 1. The van der Waals surface area contributed by atoms with E-state index in [0.717, 1.165) is 71.0 Å². The lowest BCUT2D eigenvalue weighted by atomic mass is 10.1. The summed E-state index contributed by atoms with van der Waals surface area (Å²) < 4.78 is 11.0. The molecule has 0 amide bonds. The highest BCUT2D eigenvalue weighted by Gasteiger charge is 2.21. The van der Waals surface area contributed by atoms with Crippen LogP contribution in [-0.2, 0) is 15.9 Å². The third-order valence-electron chi connectivity index (χ3n) is 4.83. The number of hydrogen-bond donors (Lipinski definition) is 1. The molecule has 1 heterocycles. The summed E-state index contributed by atoms with van der Waals surface area (Å²) in [6, 6.07) is 8.56. The normalized spacial score (nSPS) is 15.5. The maximum atomic E-state index is 5.96. The van der Waals surface area contributed by atoms with Gasteiger partial charge in [-0.05, 0) is 50.7 Å². The number of ether oxygens (including phenoxy) is 2. The van der Waals surface area contributed by atoms with Crippen LogP contribution < -0.4 is 5.32 Å². The van der Waals surface area contributed by atoms with Crippen LogP contribution in [0.15, 0.2) is 29.3 Å². The Kier molecular flexibility index (Phi) is 12.7. The van der Waals surface area contributed by atoms with Crippen molar-refractivity contribution < 1.29 is 9.47 Å². The van der Waals surface area contributed by atoms with Crippen molar-refractivity contribution in [2.24, 2.45) is 4.99 Å². The Labute approximate surface area is 181 Å². The molecule has 27 heavy (non-hydrogen) atoms. The number of piperidine rings is 1. The van der Waals surface area contributed by atoms with Gasteiger partial charge < -0.3 is 19.7 Å². The molecular weight excluding hydrogens is 453 g/mol. The summed E-state index contributed by atoms with van der Waals surface area (Å²) in [7, 11) is 1.74. The maximum Gasteiger partial charge on any atom is 0.193 e. The molecule has 1 fully saturated rings. The van der Waals surface area contributed by atoms with Crippen molar-refractivity contribution in [2.75, 3.05) is 46.5 Å². The van der Waals surface area contributed by atoms with Crippen LogP contribution in [0.5, 0.6) is 0 Å². The lowest BCUT2D eigenvalue weighted by molar-refractivity contribution is 0.00991. The second kappa shape index (κ2) is 14.2. The third-order valence-corrected chi connectivity index (χ3v) is 4.83. The van der Waals surface area contributed by atoms with E-state index in [9.17, 15) is 0 Å². The molecule has 0 aromatic heterocycles. The number of methoxy groups -OCH3 is 1. The third kappa shape index (κ3) is 8.79. The van der Waals surface area contributed by atoms with Crippen molar-refractivity contribution in [2.45, 2.75) is 45.6 Å². The van der Waals surface area contributed by atoms with E-state index in [0.29, 0.717) is 6.10 Å². The van der Waals surface area contributed by atoms with Crippen molar-refractivity contribution >= 4 is 29.9 Å². The fourth-order valence-corrected chi connectivity index (χ4v) is 3.29. The van der Waals surface area contributed by atoms with Gasteiger partial charge in [0.25, 0.3) is 0 Å². The van der Waals surface area contributed by atoms with Gasteiger partial charge in [0.15, 0.2) is 5.96 Å². The van der Waals surface area contributed by atoms with E-state index in [1.54, 1.807) is 7.11 Å². The summed E-state index contributed by atoms with van der Waals surface area (Å²) >= 11 is 0. The molecular formula is C21H36IN3O2. The first-order chi connectivity index (χ1) is 12.7. The number of hydrogen-bond acceptors (Lipinski definition) is 3. The smallest absolute Gasteiger partial charge is 0.193 e. The van der Waals surface area contributed by atoms with Crippen LogP contribution in [0.2, 0.25) is 0 Å². The first-order valence-electron chi connectivity index (χ1n) is 9.93. The highest BCUT2D eigenvalue weighted by molar-refractivity contribution is 14.0. The number of likely N-dealkylation sites (tertiary alicyclic amines) is 1. The first kappa shape index (κ1) is 24.2. The molecule has 0 atom stereocenters. The Balaban J connectivity index is 0.00000364. The minimum Gasteiger partial charge on any atom is -0.385 e. The minimum absolute atomic E-state index is 0. The zero-order valence-electron chi connectivity index (χ0n) is 17.1. The van der Waals surface area contributed by atoms with Gasteiger partial charge in [-0.2, -0.15) is 0 Å². The molecule has 0 aliphatic carbocycles. The molecule has 0 bridgehead atoms. The summed E-state index contributed by atoms with van der Waals surface area (Å²) in [6.07, 6.45) is 4.46. The summed E-state index contributed by atoms with van der Waals surface area (Å²) in [5.74, 6) is 1.04. The minimum atomic E-state index is 0. The van der Waals surface area contributed by atoms with E-state index in [2.05, 4.69) is 48.3 Å². The fourth-order valence-electron chi connectivity index (χ4n) is 3.29. The van der Waals surface area contributed by atoms with E-state index < -0.39 is 0 Å². The lowest BCUT2D eigenvalue weighted by Gasteiger charge is -2.34. The van der Waals surface area contributed by atoms with E-state index in [1.165, 1.54) is 11.1 Å². The second-order valence-electron chi connectivity index (χ2n) is 6.82. The predicted octanol–water partition coefficient (Wildman–Crippen LogP) is 3.64.